The molecule has 0 unspecified atom stereocenters. The Hall–Kier alpha value is -3.07. The molecule has 0 amide bonds. The number of hydrogen-bond donors (Lipinski definition) is 0. The second kappa shape index (κ2) is 7.32. The lowest BCUT2D eigenvalue weighted by atomic mass is 10.0. The van der Waals surface area contributed by atoms with Gasteiger partial charge in [0.05, 0.1) is 11.3 Å². The van der Waals surface area contributed by atoms with Crippen LogP contribution in [0.15, 0.2) is 65.2 Å². The highest BCUT2D eigenvalue weighted by atomic mass is 32.2. The van der Waals surface area contributed by atoms with E-state index in [9.17, 15) is 21.6 Å². The monoisotopic (exact) mass is 434 g/mol. The van der Waals surface area contributed by atoms with Crippen molar-refractivity contribution >= 4 is 21.4 Å². The Labute approximate surface area is 171 Å². The van der Waals surface area contributed by atoms with Crippen LogP contribution in [-0.4, -0.2) is 31.5 Å². The van der Waals surface area contributed by atoms with Crippen molar-refractivity contribution < 1.29 is 26.3 Å². The quantitative estimate of drug-likeness (QED) is 0.699. The highest BCUT2D eigenvalue weighted by Crippen LogP contribution is 2.35. The molecule has 2 heterocycles. The lowest BCUT2D eigenvalue weighted by Crippen LogP contribution is -2.37. The zero-order valence-corrected chi connectivity index (χ0v) is 16.7. The van der Waals surface area contributed by atoms with Crippen molar-refractivity contribution in [3.63, 3.8) is 0 Å². The highest BCUT2D eigenvalue weighted by molar-refractivity contribution is 7.90. The molecule has 0 N–H and O–H groups in total. The first kappa shape index (κ1) is 20.2. The van der Waals surface area contributed by atoms with Gasteiger partial charge >= 0.3 is 6.18 Å². The van der Waals surface area contributed by atoms with Gasteiger partial charge in [-0.2, -0.15) is 13.2 Å². The average Bonchev–Trinajstić information content (AvgIpc) is 2.68. The molecule has 9 heteroatoms. The van der Waals surface area contributed by atoms with Crippen LogP contribution in [0, 0.1) is 6.92 Å². The number of sulfonamides is 1. The predicted molar refractivity (Wildman–Crippen MR) is 108 cm³/mol. The molecule has 0 aromatic heterocycles. The normalized spacial score (nSPS) is 17.8. The van der Waals surface area contributed by atoms with E-state index in [2.05, 4.69) is 4.40 Å². The van der Waals surface area contributed by atoms with E-state index in [1.54, 1.807) is 48.4 Å². The Bertz CT molecular complexity index is 1180. The summed E-state index contributed by atoms with van der Waals surface area (Å²) < 4.78 is 72.2. The third kappa shape index (κ3) is 4.11. The minimum Gasteiger partial charge on any atom is -0.457 e. The van der Waals surface area contributed by atoms with Crippen molar-refractivity contribution in [2.24, 2.45) is 4.40 Å². The molecule has 4 rings (SSSR count). The zero-order chi connectivity index (χ0) is 21.5. The number of nitrogens with zero attached hydrogens (tertiary/aromatic N) is 2. The number of alkyl halides is 3. The van der Waals surface area contributed by atoms with Gasteiger partial charge in [-0.05, 0) is 54.5 Å². The molecule has 5 nitrogen and oxygen atoms in total. The lowest BCUT2D eigenvalue weighted by Gasteiger charge is -2.29. The van der Waals surface area contributed by atoms with Gasteiger partial charge in [-0.25, -0.2) is 8.42 Å². The van der Waals surface area contributed by atoms with Crippen LogP contribution in [0.3, 0.4) is 0 Å². The van der Waals surface area contributed by atoms with Gasteiger partial charge in [0, 0.05) is 18.3 Å². The number of benzene rings is 2. The van der Waals surface area contributed by atoms with Gasteiger partial charge in [0.15, 0.2) is 5.84 Å². The van der Waals surface area contributed by atoms with E-state index in [4.69, 9.17) is 4.74 Å². The Morgan fingerprint density at radius 3 is 2.53 bits per heavy atom. The van der Waals surface area contributed by atoms with Gasteiger partial charge in [0.2, 0.25) is 0 Å². The van der Waals surface area contributed by atoms with Gasteiger partial charge in [-0.15, -0.1) is 4.40 Å². The highest BCUT2D eigenvalue weighted by Gasteiger charge is 2.31. The first-order chi connectivity index (χ1) is 14.1. The molecule has 2 aromatic carbocycles. The molecule has 30 heavy (non-hydrogen) atoms. The Morgan fingerprint density at radius 2 is 1.83 bits per heavy atom. The average molecular weight is 434 g/mol. The molecule has 2 aliphatic heterocycles. The minimum atomic E-state index is -4.45. The first-order valence-electron chi connectivity index (χ1n) is 9.07. The van der Waals surface area contributed by atoms with E-state index in [1.165, 1.54) is 6.07 Å². The molecule has 0 aliphatic carbocycles. The fourth-order valence-electron chi connectivity index (χ4n) is 3.16. The van der Waals surface area contributed by atoms with E-state index >= 15 is 0 Å². The minimum absolute atomic E-state index is 0.0444. The number of amidine groups is 1. The molecule has 0 radical (unpaired) electrons. The summed E-state index contributed by atoms with van der Waals surface area (Å²) in [6, 6.07) is 10.0. The Morgan fingerprint density at radius 1 is 1.10 bits per heavy atom. The van der Waals surface area contributed by atoms with Crippen LogP contribution in [0.4, 0.5) is 13.2 Å². The third-order valence-corrected chi connectivity index (χ3v) is 5.92. The maximum Gasteiger partial charge on any atom is 0.416 e. The molecule has 0 fully saturated rings. The molecular weight excluding hydrogens is 417 g/mol. The van der Waals surface area contributed by atoms with Gasteiger partial charge in [-0.1, -0.05) is 18.2 Å². The summed E-state index contributed by atoms with van der Waals surface area (Å²) in [6.45, 7) is 1.99. The van der Waals surface area contributed by atoms with E-state index < -0.39 is 21.8 Å². The molecule has 0 bridgehead atoms. The van der Waals surface area contributed by atoms with Crippen molar-refractivity contribution in [3.05, 3.63) is 77.5 Å². The standard InChI is InChI=1S/C21H17F3N2O3S/c1-14-4-7-16(21(22,23)24)13-19(14)29-17-8-5-15(6-9-17)18-3-2-10-26-11-12-30(27,28)25-20(18)26/h2-10,13H,11-12H2,1H3. The Kier molecular flexibility index (Phi) is 4.93. The number of halogens is 3. The molecule has 2 aliphatic rings. The number of rotatable bonds is 3. The van der Waals surface area contributed by atoms with Crippen LogP contribution in [0.25, 0.3) is 5.57 Å². The lowest BCUT2D eigenvalue weighted by molar-refractivity contribution is -0.137. The summed E-state index contributed by atoms with van der Waals surface area (Å²) in [5.41, 5.74) is 1.15. The van der Waals surface area contributed by atoms with Gasteiger partial charge in [-0.3, -0.25) is 0 Å². The fraction of sp³-hybridized carbons (Fsp3) is 0.190. The van der Waals surface area contributed by atoms with E-state index in [0.29, 0.717) is 34.8 Å². The van der Waals surface area contributed by atoms with Crippen molar-refractivity contribution in [1.82, 2.24) is 4.90 Å². The van der Waals surface area contributed by atoms with Crippen LogP contribution < -0.4 is 4.74 Å². The molecule has 0 saturated heterocycles. The van der Waals surface area contributed by atoms with Crippen LogP contribution in [0.5, 0.6) is 11.5 Å². The van der Waals surface area contributed by atoms with Crippen LogP contribution in [0.2, 0.25) is 0 Å². The molecule has 0 saturated carbocycles. The van der Waals surface area contributed by atoms with Crippen molar-refractivity contribution in [2.45, 2.75) is 13.1 Å². The predicted octanol–water partition coefficient (Wildman–Crippen LogP) is 4.76. The van der Waals surface area contributed by atoms with Crippen molar-refractivity contribution in [1.29, 1.82) is 0 Å². The van der Waals surface area contributed by atoms with E-state index in [-0.39, 0.29) is 11.5 Å². The largest absolute Gasteiger partial charge is 0.457 e. The molecule has 156 valence electrons. The van der Waals surface area contributed by atoms with Gasteiger partial charge in [0.1, 0.15) is 11.5 Å². The molecular formula is C21H17F3N2O3S. The number of aryl methyl sites for hydroxylation is 1. The second-order valence-electron chi connectivity index (χ2n) is 6.92. The summed E-state index contributed by atoms with van der Waals surface area (Å²) in [4.78, 5) is 1.77. The maximum atomic E-state index is 13.0. The first-order valence-corrected chi connectivity index (χ1v) is 10.7. The number of fused-ring (bicyclic) bond motifs is 1. The third-order valence-electron chi connectivity index (χ3n) is 4.77. The van der Waals surface area contributed by atoms with Crippen molar-refractivity contribution in [2.75, 3.05) is 12.3 Å². The maximum absolute atomic E-state index is 13.0. The summed E-state index contributed by atoms with van der Waals surface area (Å²) in [5, 5.41) is 0. The SMILES string of the molecule is Cc1ccc(C(F)(F)F)cc1Oc1ccc(C2=CC=CN3CCS(=O)(=O)N=C23)cc1. The van der Waals surface area contributed by atoms with Gasteiger partial charge < -0.3 is 9.64 Å². The van der Waals surface area contributed by atoms with Gasteiger partial charge in [0.25, 0.3) is 10.0 Å². The molecule has 2 aromatic rings. The van der Waals surface area contributed by atoms with Crippen LogP contribution >= 0.6 is 0 Å². The fourth-order valence-corrected chi connectivity index (χ4v) is 4.14. The van der Waals surface area contributed by atoms with E-state index in [1.807, 2.05) is 6.08 Å². The smallest absolute Gasteiger partial charge is 0.416 e. The summed E-state index contributed by atoms with van der Waals surface area (Å²) in [5.74, 6) is 0.790. The summed E-state index contributed by atoms with van der Waals surface area (Å²) >= 11 is 0. The second-order valence-corrected chi connectivity index (χ2v) is 8.68. The van der Waals surface area contributed by atoms with Crippen LogP contribution in [-0.2, 0) is 16.2 Å². The van der Waals surface area contributed by atoms with E-state index in [0.717, 1.165) is 12.1 Å². The van der Waals surface area contributed by atoms with Crippen LogP contribution in [0.1, 0.15) is 16.7 Å². The number of hydrogen-bond acceptors (Lipinski definition) is 4. The molecule has 0 atom stereocenters. The zero-order valence-electron chi connectivity index (χ0n) is 15.8. The Balaban J connectivity index is 1.61. The topological polar surface area (TPSA) is 59.0 Å². The molecule has 0 spiro atoms. The summed E-state index contributed by atoms with van der Waals surface area (Å²) in [7, 11) is -3.51. The number of allylic oxidation sites excluding steroid dienone is 2. The number of ether oxygens (including phenoxy) is 1. The summed E-state index contributed by atoms with van der Waals surface area (Å²) in [6.07, 6.45) is 0.889. The van der Waals surface area contributed by atoms with Crippen molar-refractivity contribution in [3.8, 4) is 11.5 Å².